The normalized spacial score (nSPS) is 24.6. The summed E-state index contributed by atoms with van der Waals surface area (Å²) in [6, 6.07) is 0. The van der Waals surface area contributed by atoms with Crippen molar-refractivity contribution in [2.45, 2.75) is 32.1 Å². The van der Waals surface area contributed by atoms with Crippen LogP contribution in [0.25, 0.3) is 0 Å². The zero-order valence-corrected chi connectivity index (χ0v) is 10.8. The molecule has 18 heavy (non-hydrogen) atoms. The molecule has 0 aliphatic carbocycles. The Labute approximate surface area is 109 Å². The van der Waals surface area contributed by atoms with E-state index in [1.165, 1.54) is 0 Å². The molecule has 1 aliphatic heterocycles. The minimum absolute atomic E-state index is 0. The van der Waals surface area contributed by atoms with Crippen LogP contribution in [0.1, 0.15) is 19.8 Å². The summed E-state index contributed by atoms with van der Waals surface area (Å²) in [4.78, 5) is 10.9. The molecule has 1 heterocycles. The fourth-order valence-corrected chi connectivity index (χ4v) is 1.78. The zero-order chi connectivity index (χ0) is 13.1. The van der Waals surface area contributed by atoms with Crippen molar-refractivity contribution in [2.75, 3.05) is 19.6 Å². The molecule has 0 saturated carbocycles. The lowest BCUT2D eigenvalue weighted by molar-refractivity contribution is -0.169. The molecule has 8 heteroatoms. The van der Waals surface area contributed by atoms with Gasteiger partial charge in [-0.05, 0) is 24.8 Å². The second-order valence-corrected chi connectivity index (χ2v) is 4.70. The Morgan fingerprint density at radius 3 is 2.56 bits per heavy atom. The molecule has 1 saturated heterocycles. The number of halogens is 5. The number of amides is 1. The molecule has 1 fully saturated rings. The van der Waals surface area contributed by atoms with E-state index in [0.29, 0.717) is 6.54 Å². The first-order valence-corrected chi connectivity index (χ1v) is 5.43. The molecular formula is C10H17ClF4N2O. The second kappa shape index (κ2) is 6.56. The summed E-state index contributed by atoms with van der Waals surface area (Å²) in [5.41, 5.74) is -0.355. The average Bonchev–Trinajstić information content (AvgIpc) is 2.26. The van der Waals surface area contributed by atoms with Gasteiger partial charge in [-0.3, -0.25) is 4.79 Å². The Balaban J connectivity index is 0.00000289. The molecule has 0 aromatic rings. The molecule has 108 valence electrons. The van der Waals surface area contributed by atoms with Crippen molar-refractivity contribution < 1.29 is 22.4 Å². The predicted molar refractivity (Wildman–Crippen MR) is 61.4 cm³/mol. The van der Waals surface area contributed by atoms with Crippen molar-refractivity contribution in [2.24, 2.45) is 5.41 Å². The third-order valence-electron chi connectivity index (χ3n) is 2.94. The molecule has 1 amide bonds. The molecule has 0 spiro atoms. The SMILES string of the molecule is CC1(CNC(=O)C(F)(F)C(F)F)CCCNC1.Cl. The van der Waals surface area contributed by atoms with E-state index in [0.717, 1.165) is 19.4 Å². The Morgan fingerprint density at radius 2 is 2.11 bits per heavy atom. The molecule has 1 aliphatic rings. The number of carbonyl (C=O) groups excluding carboxylic acids is 1. The lowest BCUT2D eigenvalue weighted by atomic mass is 9.83. The van der Waals surface area contributed by atoms with Crippen LogP contribution >= 0.6 is 12.4 Å². The fraction of sp³-hybridized carbons (Fsp3) is 0.900. The van der Waals surface area contributed by atoms with Gasteiger partial charge in [0, 0.05) is 13.1 Å². The highest BCUT2D eigenvalue weighted by Crippen LogP contribution is 2.26. The van der Waals surface area contributed by atoms with Gasteiger partial charge in [-0.15, -0.1) is 12.4 Å². The highest BCUT2D eigenvalue weighted by molar-refractivity contribution is 5.85. The second-order valence-electron chi connectivity index (χ2n) is 4.70. The molecule has 0 radical (unpaired) electrons. The van der Waals surface area contributed by atoms with Crippen LogP contribution in [0, 0.1) is 5.41 Å². The minimum atomic E-state index is -4.61. The molecule has 2 N–H and O–H groups in total. The van der Waals surface area contributed by atoms with Crippen LogP contribution in [0.5, 0.6) is 0 Å². The molecule has 0 aromatic heterocycles. The quantitative estimate of drug-likeness (QED) is 0.776. The number of nitrogens with one attached hydrogen (secondary N) is 2. The van der Waals surface area contributed by atoms with Gasteiger partial charge in [0.2, 0.25) is 0 Å². The van der Waals surface area contributed by atoms with Gasteiger partial charge in [0.25, 0.3) is 5.91 Å². The maximum absolute atomic E-state index is 12.6. The molecule has 1 unspecified atom stereocenters. The van der Waals surface area contributed by atoms with Crippen LogP contribution in [0.3, 0.4) is 0 Å². The molecule has 3 nitrogen and oxygen atoms in total. The number of piperidine rings is 1. The van der Waals surface area contributed by atoms with Gasteiger partial charge < -0.3 is 10.6 Å². The third kappa shape index (κ3) is 4.28. The molecule has 0 aromatic carbocycles. The largest absolute Gasteiger partial charge is 0.383 e. The highest BCUT2D eigenvalue weighted by Gasteiger charge is 2.49. The Hall–Kier alpha value is -0.560. The Kier molecular flexibility index (Phi) is 6.36. The topological polar surface area (TPSA) is 41.1 Å². The predicted octanol–water partition coefficient (Wildman–Crippen LogP) is 1.81. The van der Waals surface area contributed by atoms with Crippen molar-refractivity contribution in [1.82, 2.24) is 10.6 Å². The minimum Gasteiger partial charge on any atom is -0.350 e. The summed E-state index contributed by atoms with van der Waals surface area (Å²) < 4.78 is 49.1. The van der Waals surface area contributed by atoms with Crippen LogP contribution in [0.4, 0.5) is 17.6 Å². The van der Waals surface area contributed by atoms with Crippen LogP contribution in [-0.2, 0) is 4.79 Å². The summed E-state index contributed by atoms with van der Waals surface area (Å²) in [5, 5.41) is 4.98. The summed E-state index contributed by atoms with van der Waals surface area (Å²) >= 11 is 0. The van der Waals surface area contributed by atoms with Crippen molar-refractivity contribution in [1.29, 1.82) is 0 Å². The first-order chi connectivity index (χ1) is 7.78. The van der Waals surface area contributed by atoms with Crippen molar-refractivity contribution in [3.8, 4) is 0 Å². The maximum Gasteiger partial charge on any atom is 0.383 e. The summed E-state index contributed by atoms with van der Waals surface area (Å²) in [5.74, 6) is -6.52. The van der Waals surface area contributed by atoms with Crippen LogP contribution in [-0.4, -0.2) is 37.9 Å². The summed E-state index contributed by atoms with van der Waals surface area (Å²) in [6.45, 7) is 3.21. The summed E-state index contributed by atoms with van der Waals surface area (Å²) in [7, 11) is 0. The van der Waals surface area contributed by atoms with E-state index in [9.17, 15) is 22.4 Å². The van der Waals surface area contributed by atoms with Gasteiger partial charge >= 0.3 is 12.3 Å². The van der Waals surface area contributed by atoms with Crippen molar-refractivity contribution in [3.05, 3.63) is 0 Å². The van der Waals surface area contributed by atoms with Gasteiger partial charge in [-0.1, -0.05) is 6.92 Å². The van der Waals surface area contributed by atoms with Gasteiger partial charge in [-0.2, -0.15) is 8.78 Å². The molecular weight excluding hydrogens is 276 g/mol. The Morgan fingerprint density at radius 1 is 1.50 bits per heavy atom. The Bertz CT molecular complexity index is 283. The standard InChI is InChI=1S/C10H16F4N2O.ClH/c1-9(3-2-4-15-5-9)6-16-8(17)10(13,14)7(11)12;/h7,15H,2-6H2,1H3,(H,16,17);1H. The van der Waals surface area contributed by atoms with Gasteiger partial charge in [0.05, 0.1) is 0 Å². The molecule has 1 atom stereocenters. The zero-order valence-electron chi connectivity index (χ0n) is 9.94. The van der Waals surface area contributed by atoms with E-state index in [4.69, 9.17) is 0 Å². The van der Waals surface area contributed by atoms with E-state index in [1.807, 2.05) is 12.2 Å². The summed E-state index contributed by atoms with van der Waals surface area (Å²) in [6.07, 6.45) is -2.34. The lowest BCUT2D eigenvalue weighted by Gasteiger charge is -2.34. The van der Waals surface area contributed by atoms with Crippen LogP contribution in [0.15, 0.2) is 0 Å². The maximum atomic E-state index is 12.6. The first kappa shape index (κ1) is 17.4. The van der Waals surface area contributed by atoms with Crippen molar-refractivity contribution in [3.63, 3.8) is 0 Å². The lowest BCUT2D eigenvalue weighted by Crippen LogP contribution is -2.51. The van der Waals surface area contributed by atoms with Gasteiger partial charge in [0.1, 0.15) is 0 Å². The number of hydrogen-bond acceptors (Lipinski definition) is 2. The number of alkyl halides is 4. The fourth-order valence-electron chi connectivity index (χ4n) is 1.78. The molecule has 0 bridgehead atoms. The van der Waals surface area contributed by atoms with Crippen molar-refractivity contribution >= 4 is 18.3 Å². The van der Waals surface area contributed by atoms with E-state index < -0.39 is 18.3 Å². The monoisotopic (exact) mass is 292 g/mol. The number of hydrogen-bond donors (Lipinski definition) is 2. The smallest absolute Gasteiger partial charge is 0.350 e. The first-order valence-electron chi connectivity index (χ1n) is 5.43. The van der Waals surface area contributed by atoms with Crippen LogP contribution in [0.2, 0.25) is 0 Å². The van der Waals surface area contributed by atoms with Gasteiger partial charge in [0.15, 0.2) is 0 Å². The third-order valence-corrected chi connectivity index (χ3v) is 2.94. The number of rotatable bonds is 4. The highest BCUT2D eigenvalue weighted by atomic mass is 35.5. The average molecular weight is 293 g/mol. The van der Waals surface area contributed by atoms with Crippen LogP contribution < -0.4 is 10.6 Å². The molecule has 1 rings (SSSR count). The van der Waals surface area contributed by atoms with E-state index in [-0.39, 0.29) is 24.4 Å². The van der Waals surface area contributed by atoms with E-state index in [1.54, 1.807) is 0 Å². The van der Waals surface area contributed by atoms with Gasteiger partial charge in [-0.25, -0.2) is 8.78 Å². The van der Waals surface area contributed by atoms with E-state index >= 15 is 0 Å². The number of carbonyl (C=O) groups is 1. The van der Waals surface area contributed by atoms with E-state index in [2.05, 4.69) is 5.32 Å².